The van der Waals surface area contributed by atoms with E-state index in [1.807, 2.05) is 43.3 Å². The molecule has 0 aromatic heterocycles. The summed E-state index contributed by atoms with van der Waals surface area (Å²) in [4.78, 5) is 28.4. The lowest BCUT2D eigenvalue weighted by molar-refractivity contribution is -0.140. The van der Waals surface area contributed by atoms with Gasteiger partial charge in [-0.05, 0) is 54.8 Å². The maximum atomic E-state index is 13.8. The Kier molecular flexibility index (Phi) is 9.41. The van der Waals surface area contributed by atoms with Gasteiger partial charge in [-0.25, -0.2) is 12.8 Å². The molecule has 0 saturated carbocycles. The Balaban J connectivity index is 2.03. The van der Waals surface area contributed by atoms with Gasteiger partial charge in [-0.1, -0.05) is 54.6 Å². The average molecular weight is 526 g/mol. The first kappa shape index (κ1) is 27.9. The van der Waals surface area contributed by atoms with Crippen molar-refractivity contribution >= 4 is 27.5 Å². The van der Waals surface area contributed by atoms with Crippen molar-refractivity contribution in [2.45, 2.75) is 32.9 Å². The number of sulfonamides is 1. The fourth-order valence-electron chi connectivity index (χ4n) is 4.03. The first-order valence-corrected chi connectivity index (χ1v) is 13.8. The van der Waals surface area contributed by atoms with Crippen molar-refractivity contribution in [1.82, 2.24) is 10.2 Å². The lowest BCUT2D eigenvalue weighted by Gasteiger charge is -2.33. The van der Waals surface area contributed by atoms with E-state index in [4.69, 9.17) is 0 Å². The fourth-order valence-corrected chi connectivity index (χ4v) is 4.87. The summed E-state index contributed by atoms with van der Waals surface area (Å²) in [7, 11) is -3.82. The van der Waals surface area contributed by atoms with Crippen LogP contribution in [0.15, 0.2) is 78.9 Å². The van der Waals surface area contributed by atoms with Gasteiger partial charge >= 0.3 is 0 Å². The number of halogens is 1. The number of benzene rings is 3. The van der Waals surface area contributed by atoms with Crippen molar-refractivity contribution in [2.75, 3.05) is 23.7 Å². The lowest BCUT2D eigenvalue weighted by Crippen LogP contribution is -2.53. The monoisotopic (exact) mass is 525 g/mol. The van der Waals surface area contributed by atoms with Crippen LogP contribution in [0.4, 0.5) is 10.1 Å². The number of aryl methyl sites for hydroxylation is 1. The summed E-state index contributed by atoms with van der Waals surface area (Å²) in [6.45, 7) is 3.49. The largest absolute Gasteiger partial charge is 0.355 e. The van der Waals surface area contributed by atoms with Gasteiger partial charge in [0.2, 0.25) is 21.8 Å². The number of nitrogens with one attached hydrogen (secondary N) is 1. The molecule has 0 saturated heterocycles. The normalized spacial score (nSPS) is 12.0. The zero-order chi connectivity index (χ0) is 27.0. The first-order valence-electron chi connectivity index (χ1n) is 12.0. The highest BCUT2D eigenvalue weighted by atomic mass is 32.2. The molecule has 0 spiro atoms. The topological polar surface area (TPSA) is 86.8 Å². The maximum absolute atomic E-state index is 13.8. The molecule has 1 atom stereocenters. The van der Waals surface area contributed by atoms with Crippen molar-refractivity contribution in [3.8, 4) is 0 Å². The molecule has 3 aromatic carbocycles. The van der Waals surface area contributed by atoms with E-state index in [0.29, 0.717) is 17.8 Å². The Labute approximate surface area is 218 Å². The Morgan fingerprint density at radius 3 is 2.22 bits per heavy atom. The van der Waals surface area contributed by atoms with Gasteiger partial charge in [0.25, 0.3) is 0 Å². The minimum atomic E-state index is -3.82. The van der Waals surface area contributed by atoms with Gasteiger partial charge in [-0.15, -0.1) is 0 Å². The molecule has 0 unspecified atom stereocenters. The lowest BCUT2D eigenvalue weighted by atomic mass is 10.0. The molecule has 196 valence electrons. The molecule has 0 fully saturated rings. The van der Waals surface area contributed by atoms with Crippen LogP contribution in [-0.2, 0) is 32.6 Å². The fraction of sp³-hybridized carbons (Fsp3) is 0.286. The van der Waals surface area contributed by atoms with Gasteiger partial charge in [0, 0.05) is 19.5 Å². The number of carbonyl (C=O) groups excluding carboxylic acids is 2. The second kappa shape index (κ2) is 12.5. The summed E-state index contributed by atoms with van der Waals surface area (Å²) in [6, 6.07) is 20.9. The van der Waals surface area contributed by atoms with E-state index in [0.717, 1.165) is 21.7 Å². The van der Waals surface area contributed by atoms with E-state index in [1.54, 1.807) is 37.3 Å². The smallest absolute Gasteiger partial charge is 0.244 e. The summed E-state index contributed by atoms with van der Waals surface area (Å²) in [6.07, 6.45) is 1.26. The van der Waals surface area contributed by atoms with Crippen LogP contribution in [0.2, 0.25) is 0 Å². The number of anilines is 1. The summed E-state index contributed by atoms with van der Waals surface area (Å²) in [5.41, 5.74) is 2.65. The van der Waals surface area contributed by atoms with Crippen LogP contribution in [0.3, 0.4) is 0 Å². The zero-order valence-electron chi connectivity index (χ0n) is 21.2. The second-order valence-electron chi connectivity index (χ2n) is 8.86. The number of hydrogen-bond donors (Lipinski definition) is 1. The van der Waals surface area contributed by atoms with Crippen LogP contribution in [0.5, 0.6) is 0 Å². The quantitative estimate of drug-likeness (QED) is 0.414. The molecule has 3 aromatic rings. The molecule has 37 heavy (non-hydrogen) atoms. The van der Waals surface area contributed by atoms with E-state index >= 15 is 0 Å². The number of nitrogens with zero attached hydrogens (tertiary/aromatic N) is 2. The van der Waals surface area contributed by atoms with E-state index in [-0.39, 0.29) is 18.9 Å². The van der Waals surface area contributed by atoms with Gasteiger partial charge < -0.3 is 10.2 Å². The molecule has 0 aliphatic carbocycles. The summed E-state index contributed by atoms with van der Waals surface area (Å²) in [5.74, 6) is -1.33. The van der Waals surface area contributed by atoms with E-state index < -0.39 is 34.3 Å². The molecule has 0 aliphatic rings. The third kappa shape index (κ3) is 7.88. The molecule has 3 rings (SSSR count). The minimum absolute atomic E-state index is 0.000826. The highest BCUT2D eigenvalue weighted by Gasteiger charge is 2.32. The van der Waals surface area contributed by atoms with Crippen LogP contribution in [-0.4, -0.2) is 50.5 Å². The summed E-state index contributed by atoms with van der Waals surface area (Å²) < 4.78 is 40.1. The predicted octanol–water partition coefficient (Wildman–Crippen LogP) is 3.68. The van der Waals surface area contributed by atoms with Gasteiger partial charge in [-0.3, -0.25) is 13.9 Å². The SMILES string of the molecule is CCNC(=O)[C@@H](Cc1ccccc1)N(Cc1ccc(F)cc1)C(=O)CN(c1cccc(C)c1)S(C)(=O)=O. The number of carbonyl (C=O) groups is 2. The van der Waals surface area contributed by atoms with Crippen molar-refractivity contribution in [3.63, 3.8) is 0 Å². The van der Waals surface area contributed by atoms with Crippen LogP contribution in [0, 0.1) is 12.7 Å². The summed E-state index contributed by atoms with van der Waals surface area (Å²) in [5, 5.41) is 2.79. The minimum Gasteiger partial charge on any atom is -0.355 e. The predicted molar refractivity (Wildman–Crippen MR) is 143 cm³/mol. The standard InChI is InChI=1S/C28H32FN3O4S/c1-4-30-28(34)26(18-22-10-6-5-7-11-22)31(19-23-13-15-24(29)16-14-23)27(33)20-32(37(3,35)36)25-12-8-9-21(2)17-25/h5-17,26H,4,18-20H2,1-3H3,(H,30,34)/t26-/m1/s1. The van der Waals surface area contributed by atoms with Crippen molar-refractivity contribution in [1.29, 1.82) is 0 Å². The van der Waals surface area contributed by atoms with Crippen molar-refractivity contribution < 1.29 is 22.4 Å². The molecule has 0 heterocycles. The van der Waals surface area contributed by atoms with Crippen molar-refractivity contribution in [2.24, 2.45) is 0 Å². The number of hydrogen-bond acceptors (Lipinski definition) is 4. The Morgan fingerprint density at radius 1 is 0.946 bits per heavy atom. The Bertz CT molecular complexity index is 1310. The third-order valence-electron chi connectivity index (χ3n) is 5.86. The van der Waals surface area contributed by atoms with Crippen LogP contribution in [0.1, 0.15) is 23.6 Å². The first-order chi connectivity index (χ1) is 17.6. The maximum Gasteiger partial charge on any atom is 0.244 e. The molecule has 0 bridgehead atoms. The van der Waals surface area contributed by atoms with Gasteiger partial charge in [-0.2, -0.15) is 0 Å². The molecular formula is C28H32FN3O4S. The average Bonchev–Trinajstić information content (AvgIpc) is 2.85. The molecule has 0 aliphatic heterocycles. The Hall–Kier alpha value is -3.72. The van der Waals surface area contributed by atoms with E-state index in [2.05, 4.69) is 5.32 Å². The number of amides is 2. The molecule has 2 amide bonds. The van der Waals surface area contributed by atoms with Crippen LogP contribution in [0.25, 0.3) is 0 Å². The highest BCUT2D eigenvalue weighted by Crippen LogP contribution is 2.21. The highest BCUT2D eigenvalue weighted by molar-refractivity contribution is 7.92. The molecule has 7 nitrogen and oxygen atoms in total. The van der Waals surface area contributed by atoms with Gasteiger partial charge in [0.05, 0.1) is 11.9 Å². The molecule has 9 heteroatoms. The van der Waals surface area contributed by atoms with Crippen LogP contribution >= 0.6 is 0 Å². The summed E-state index contributed by atoms with van der Waals surface area (Å²) >= 11 is 0. The van der Waals surface area contributed by atoms with Gasteiger partial charge in [0.15, 0.2) is 0 Å². The third-order valence-corrected chi connectivity index (χ3v) is 7.00. The molecular weight excluding hydrogens is 493 g/mol. The number of rotatable bonds is 11. The van der Waals surface area contributed by atoms with Gasteiger partial charge in [0.1, 0.15) is 18.4 Å². The Morgan fingerprint density at radius 2 is 1.62 bits per heavy atom. The second-order valence-corrected chi connectivity index (χ2v) is 10.8. The van der Waals surface area contributed by atoms with Crippen molar-refractivity contribution in [3.05, 3.63) is 101 Å². The van der Waals surface area contributed by atoms with Crippen LogP contribution < -0.4 is 9.62 Å². The zero-order valence-corrected chi connectivity index (χ0v) is 22.0. The molecule has 1 N–H and O–H groups in total. The number of likely N-dealkylation sites (N-methyl/N-ethyl adjacent to an activating group) is 1. The van der Waals surface area contributed by atoms with E-state index in [1.165, 1.54) is 17.0 Å². The van der Waals surface area contributed by atoms with E-state index in [9.17, 15) is 22.4 Å². The molecule has 0 radical (unpaired) electrons.